The Bertz CT molecular complexity index is 360. The first-order valence-corrected chi connectivity index (χ1v) is 5.84. The standard InChI is InChI=1S/C9H9Cl2NO2S/c10-7-2-1-6(3-8(7)11)5-15-12-4-9(13)14/h1-3,12H,4-5H2,(H,13,14). The summed E-state index contributed by atoms with van der Waals surface area (Å²) in [6.07, 6.45) is 0. The summed E-state index contributed by atoms with van der Waals surface area (Å²) in [5, 5.41) is 9.40. The summed E-state index contributed by atoms with van der Waals surface area (Å²) in [5.74, 6) is -0.235. The number of aliphatic carboxylic acids is 1. The molecular weight excluding hydrogens is 257 g/mol. The lowest BCUT2D eigenvalue weighted by atomic mass is 10.2. The monoisotopic (exact) mass is 265 g/mol. The van der Waals surface area contributed by atoms with Crippen LogP contribution in [0.2, 0.25) is 10.0 Å². The molecule has 0 bridgehead atoms. The fraction of sp³-hybridized carbons (Fsp3) is 0.222. The minimum Gasteiger partial charge on any atom is -0.480 e. The van der Waals surface area contributed by atoms with Gasteiger partial charge in [-0.2, -0.15) is 0 Å². The highest BCUT2D eigenvalue weighted by Gasteiger charge is 2.00. The van der Waals surface area contributed by atoms with Crippen molar-refractivity contribution >= 4 is 41.1 Å². The van der Waals surface area contributed by atoms with E-state index in [9.17, 15) is 4.79 Å². The summed E-state index contributed by atoms with van der Waals surface area (Å²) in [6.45, 7) is -0.0635. The Morgan fingerprint density at radius 1 is 1.40 bits per heavy atom. The fourth-order valence-corrected chi connectivity index (χ4v) is 1.87. The van der Waals surface area contributed by atoms with E-state index in [0.717, 1.165) is 5.56 Å². The maximum atomic E-state index is 10.2. The highest BCUT2D eigenvalue weighted by molar-refractivity contribution is 7.96. The lowest BCUT2D eigenvalue weighted by Gasteiger charge is -2.03. The van der Waals surface area contributed by atoms with Crippen LogP contribution >= 0.6 is 35.1 Å². The smallest absolute Gasteiger partial charge is 0.318 e. The van der Waals surface area contributed by atoms with Crippen molar-refractivity contribution < 1.29 is 9.90 Å². The normalized spacial score (nSPS) is 10.3. The van der Waals surface area contributed by atoms with Gasteiger partial charge in [-0.15, -0.1) is 0 Å². The molecule has 6 heteroatoms. The lowest BCUT2D eigenvalue weighted by molar-refractivity contribution is -0.135. The van der Waals surface area contributed by atoms with Crippen LogP contribution in [-0.4, -0.2) is 17.6 Å². The molecule has 0 saturated carbocycles. The van der Waals surface area contributed by atoms with Crippen LogP contribution in [0.1, 0.15) is 5.56 Å². The highest BCUT2D eigenvalue weighted by Crippen LogP contribution is 2.23. The zero-order valence-corrected chi connectivity index (χ0v) is 9.99. The predicted octanol–water partition coefficient (Wildman–Crippen LogP) is 2.82. The van der Waals surface area contributed by atoms with Gasteiger partial charge in [-0.3, -0.25) is 9.52 Å². The van der Waals surface area contributed by atoms with Crippen molar-refractivity contribution in [3.8, 4) is 0 Å². The molecule has 0 radical (unpaired) electrons. The minimum atomic E-state index is -0.878. The largest absolute Gasteiger partial charge is 0.480 e. The Balaban J connectivity index is 2.38. The number of hydrogen-bond donors (Lipinski definition) is 2. The molecule has 0 aliphatic rings. The molecule has 2 N–H and O–H groups in total. The van der Waals surface area contributed by atoms with E-state index in [-0.39, 0.29) is 6.54 Å². The molecule has 3 nitrogen and oxygen atoms in total. The third kappa shape index (κ3) is 4.75. The van der Waals surface area contributed by atoms with E-state index in [2.05, 4.69) is 4.72 Å². The van der Waals surface area contributed by atoms with E-state index in [1.54, 1.807) is 12.1 Å². The molecule has 0 heterocycles. The third-order valence-electron chi connectivity index (χ3n) is 1.55. The lowest BCUT2D eigenvalue weighted by Crippen LogP contribution is -2.15. The van der Waals surface area contributed by atoms with Gasteiger partial charge in [0.15, 0.2) is 0 Å². The molecule has 0 unspecified atom stereocenters. The van der Waals surface area contributed by atoms with Crippen molar-refractivity contribution in [2.24, 2.45) is 0 Å². The first-order chi connectivity index (χ1) is 7.09. The number of carboxylic acid groups (broad SMARTS) is 1. The topological polar surface area (TPSA) is 49.3 Å². The molecule has 0 aliphatic heterocycles. The second-order valence-electron chi connectivity index (χ2n) is 2.75. The van der Waals surface area contributed by atoms with E-state index in [1.165, 1.54) is 11.9 Å². The number of hydrogen-bond acceptors (Lipinski definition) is 3. The van der Waals surface area contributed by atoms with Crippen LogP contribution in [0.15, 0.2) is 18.2 Å². The van der Waals surface area contributed by atoms with Crippen LogP contribution in [0.4, 0.5) is 0 Å². The summed E-state index contributed by atoms with van der Waals surface area (Å²) in [6, 6.07) is 5.33. The maximum absolute atomic E-state index is 10.2. The Labute approximate surface area is 102 Å². The quantitative estimate of drug-likeness (QED) is 0.635. The van der Waals surface area contributed by atoms with Gasteiger partial charge < -0.3 is 5.11 Å². The molecule has 1 rings (SSSR count). The average molecular weight is 266 g/mol. The van der Waals surface area contributed by atoms with Crippen LogP contribution in [0, 0.1) is 0 Å². The molecule has 0 amide bonds. The van der Waals surface area contributed by atoms with Gasteiger partial charge in [-0.1, -0.05) is 41.2 Å². The number of nitrogens with one attached hydrogen (secondary N) is 1. The van der Waals surface area contributed by atoms with E-state index < -0.39 is 5.97 Å². The van der Waals surface area contributed by atoms with Gasteiger partial charge in [0.1, 0.15) is 6.54 Å². The van der Waals surface area contributed by atoms with Gasteiger partial charge >= 0.3 is 5.97 Å². The van der Waals surface area contributed by atoms with Crippen molar-refractivity contribution in [3.63, 3.8) is 0 Å². The van der Waals surface area contributed by atoms with Crippen LogP contribution in [0.3, 0.4) is 0 Å². The average Bonchev–Trinajstić information content (AvgIpc) is 2.18. The van der Waals surface area contributed by atoms with Crippen molar-refractivity contribution in [1.29, 1.82) is 0 Å². The minimum absolute atomic E-state index is 0.0635. The summed E-state index contributed by atoms with van der Waals surface area (Å²) < 4.78 is 2.71. The Morgan fingerprint density at radius 3 is 2.73 bits per heavy atom. The summed E-state index contributed by atoms with van der Waals surface area (Å²) in [4.78, 5) is 10.2. The van der Waals surface area contributed by atoms with Crippen LogP contribution in [-0.2, 0) is 10.5 Å². The molecule has 0 saturated heterocycles. The van der Waals surface area contributed by atoms with Gasteiger partial charge in [-0.05, 0) is 17.7 Å². The maximum Gasteiger partial charge on any atom is 0.318 e. The summed E-state index contributed by atoms with van der Waals surface area (Å²) in [5.41, 5.74) is 0.993. The van der Waals surface area contributed by atoms with E-state index >= 15 is 0 Å². The Hall–Kier alpha value is -0.420. The number of rotatable bonds is 5. The third-order valence-corrected chi connectivity index (χ3v) is 3.11. The number of halogens is 2. The predicted molar refractivity (Wildman–Crippen MR) is 63.4 cm³/mol. The number of benzene rings is 1. The van der Waals surface area contributed by atoms with E-state index in [0.29, 0.717) is 15.8 Å². The molecule has 0 aliphatic carbocycles. The second kappa shape index (κ2) is 6.23. The summed E-state index contributed by atoms with van der Waals surface area (Å²) >= 11 is 12.9. The van der Waals surface area contributed by atoms with Gasteiger partial charge in [0, 0.05) is 5.75 Å². The van der Waals surface area contributed by atoms with Gasteiger partial charge in [0.05, 0.1) is 10.0 Å². The molecule has 0 atom stereocenters. The van der Waals surface area contributed by atoms with E-state index in [1.807, 2.05) is 6.07 Å². The van der Waals surface area contributed by atoms with E-state index in [4.69, 9.17) is 28.3 Å². The molecular formula is C9H9Cl2NO2S. The molecule has 0 spiro atoms. The van der Waals surface area contributed by atoms with Crippen LogP contribution in [0.25, 0.3) is 0 Å². The van der Waals surface area contributed by atoms with Crippen LogP contribution in [0.5, 0.6) is 0 Å². The summed E-state index contributed by atoms with van der Waals surface area (Å²) in [7, 11) is 0. The van der Waals surface area contributed by atoms with Gasteiger partial charge in [0.25, 0.3) is 0 Å². The van der Waals surface area contributed by atoms with Crippen molar-refractivity contribution in [1.82, 2.24) is 4.72 Å². The molecule has 15 heavy (non-hydrogen) atoms. The van der Waals surface area contributed by atoms with Gasteiger partial charge in [-0.25, -0.2) is 0 Å². The van der Waals surface area contributed by atoms with Gasteiger partial charge in [0.2, 0.25) is 0 Å². The Morgan fingerprint density at radius 2 is 2.13 bits per heavy atom. The Kier molecular flexibility index (Phi) is 5.25. The molecule has 0 aromatic heterocycles. The fourth-order valence-electron chi connectivity index (χ4n) is 0.877. The molecule has 0 fully saturated rings. The van der Waals surface area contributed by atoms with Crippen LogP contribution < -0.4 is 4.72 Å². The molecule has 1 aromatic rings. The molecule has 82 valence electrons. The molecule has 1 aromatic carbocycles. The first-order valence-electron chi connectivity index (χ1n) is 4.10. The first kappa shape index (κ1) is 12.6. The second-order valence-corrected chi connectivity index (χ2v) is 4.43. The number of carbonyl (C=O) groups is 1. The number of carboxylic acids is 1. The van der Waals surface area contributed by atoms with Crippen molar-refractivity contribution in [2.75, 3.05) is 6.54 Å². The van der Waals surface area contributed by atoms with Crippen molar-refractivity contribution in [3.05, 3.63) is 33.8 Å². The zero-order chi connectivity index (χ0) is 11.3. The van der Waals surface area contributed by atoms with Crippen molar-refractivity contribution in [2.45, 2.75) is 5.75 Å². The SMILES string of the molecule is O=C(O)CNSCc1ccc(Cl)c(Cl)c1. The zero-order valence-electron chi connectivity index (χ0n) is 7.67. The highest BCUT2D eigenvalue weighted by atomic mass is 35.5.